The van der Waals surface area contributed by atoms with E-state index < -0.39 is 12.0 Å². The van der Waals surface area contributed by atoms with Crippen molar-refractivity contribution in [2.45, 2.75) is 187 Å². The van der Waals surface area contributed by atoms with Crippen LogP contribution in [-0.4, -0.2) is 41.6 Å². The Balaban J connectivity index is 4.26. The number of unbranched alkanes of at least 4 members (excludes halogenated alkanes) is 11. The van der Waals surface area contributed by atoms with Crippen LogP contribution in [0.3, 0.4) is 0 Å². The Morgan fingerprint density at radius 1 is 0.556 bits per heavy atom. The molecular formula is C47H78N2O5. The number of hydrogen-bond acceptors (Lipinski definition) is 5. The van der Waals surface area contributed by atoms with Crippen molar-refractivity contribution in [2.75, 3.05) is 6.54 Å². The van der Waals surface area contributed by atoms with Crippen molar-refractivity contribution in [3.8, 4) is 0 Å². The number of allylic oxidation sites excluding steroid dienone is 13. The Morgan fingerprint density at radius 3 is 1.56 bits per heavy atom. The van der Waals surface area contributed by atoms with Crippen LogP contribution in [0.5, 0.6) is 0 Å². The van der Waals surface area contributed by atoms with Crippen molar-refractivity contribution in [3.63, 3.8) is 0 Å². The zero-order valence-electron chi connectivity index (χ0n) is 34.3. The maximum absolute atomic E-state index is 12.7. The normalized spacial score (nSPS) is 13.5. The van der Waals surface area contributed by atoms with Gasteiger partial charge in [-0.2, -0.15) is 0 Å². The Hall–Kier alpha value is -3.45. The van der Waals surface area contributed by atoms with Gasteiger partial charge in [0.25, 0.3) is 0 Å². The number of hydrogen-bond donors (Lipinski definition) is 3. The summed E-state index contributed by atoms with van der Waals surface area (Å²) in [6.45, 7) is 4.68. The second-order valence-corrected chi connectivity index (χ2v) is 14.0. The van der Waals surface area contributed by atoms with Gasteiger partial charge in [-0.15, -0.1) is 0 Å². The number of ether oxygens (including phenoxy) is 1. The van der Waals surface area contributed by atoms with Crippen LogP contribution in [0.4, 0.5) is 0 Å². The molecule has 1 amide bonds. The predicted molar refractivity (Wildman–Crippen MR) is 229 cm³/mol. The van der Waals surface area contributed by atoms with Crippen LogP contribution in [0.1, 0.15) is 174 Å². The highest BCUT2D eigenvalue weighted by Gasteiger charge is 2.19. The van der Waals surface area contributed by atoms with Crippen molar-refractivity contribution < 1.29 is 24.2 Å². The van der Waals surface area contributed by atoms with Crippen LogP contribution < -0.4 is 11.1 Å². The Kier molecular flexibility index (Phi) is 38.1. The Labute approximate surface area is 330 Å². The molecule has 2 unspecified atom stereocenters. The van der Waals surface area contributed by atoms with Gasteiger partial charge >= 0.3 is 11.9 Å². The van der Waals surface area contributed by atoms with Crippen molar-refractivity contribution in [1.29, 1.82) is 0 Å². The first kappa shape index (κ1) is 50.5. The largest absolute Gasteiger partial charge is 0.480 e. The first-order valence-corrected chi connectivity index (χ1v) is 21.4. The molecular weight excluding hydrogens is 673 g/mol. The summed E-state index contributed by atoms with van der Waals surface area (Å²) < 4.78 is 5.89. The highest BCUT2D eigenvalue weighted by Crippen LogP contribution is 2.15. The monoisotopic (exact) mass is 751 g/mol. The molecule has 7 heteroatoms. The Bertz CT molecular complexity index is 1120. The molecule has 0 aliphatic carbocycles. The van der Waals surface area contributed by atoms with E-state index in [0.717, 1.165) is 96.3 Å². The fourth-order valence-electron chi connectivity index (χ4n) is 5.79. The van der Waals surface area contributed by atoms with Crippen LogP contribution in [0.2, 0.25) is 0 Å². The number of carboxylic acid groups (broad SMARTS) is 1. The third-order valence-electron chi connectivity index (χ3n) is 8.94. The van der Waals surface area contributed by atoms with Crippen LogP contribution in [0, 0.1) is 0 Å². The maximum atomic E-state index is 12.7. The van der Waals surface area contributed by atoms with E-state index in [4.69, 9.17) is 10.5 Å². The SMILES string of the molecule is CC/C=C\C/C=C\C/C=C\C/C=C\CCCCCCCCCCC(=O)OC(/C=C\C/C=C\C/C=C\CC)CCCCCCC(=O)NC(CCCN)C(=O)O. The summed E-state index contributed by atoms with van der Waals surface area (Å²) in [5.41, 5.74) is 5.48. The number of esters is 1. The summed E-state index contributed by atoms with van der Waals surface area (Å²) in [4.78, 5) is 36.3. The molecule has 0 aliphatic rings. The van der Waals surface area contributed by atoms with E-state index in [1.165, 1.54) is 32.1 Å². The van der Waals surface area contributed by atoms with Gasteiger partial charge < -0.3 is 20.9 Å². The average molecular weight is 751 g/mol. The number of aliphatic carboxylic acids is 1. The molecule has 54 heavy (non-hydrogen) atoms. The molecule has 0 radical (unpaired) electrons. The first-order valence-electron chi connectivity index (χ1n) is 21.4. The molecule has 7 nitrogen and oxygen atoms in total. The van der Waals surface area contributed by atoms with Crippen LogP contribution in [0.15, 0.2) is 85.1 Å². The minimum absolute atomic E-state index is 0.125. The molecule has 0 saturated carbocycles. The van der Waals surface area contributed by atoms with E-state index in [-0.39, 0.29) is 18.0 Å². The highest BCUT2D eigenvalue weighted by molar-refractivity contribution is 5.83. The van der Waals surface area contributed by atoms with Gasteiger partial charge in [0.05, 0.1) is 0 Å². The molecule has 0 heterocycles. The molecule has 0 aliphatic heterocycles. The minimum Gasteiger partial charge on any atom is -0.480 e. The molecule has 0 aromatic rings. The van der Waals surface area contributed by atoms with Crippen LogP contribution >= 0.6 is 0 Å². The van der Waals surface area contributed by atoms with Gasteiger partial charge in [0, 0.05) is 12.8 Å². The fraction of sp³-hybridized carbons (Fsp3) is 0.638. The van der Waals surface area contributed by atoms with Gasteiger partial charge in [0.1, 0.15) is 12.1 Å². The first-order chi connectivity index (χ1) is 26.4. The maximum Gasteiger partial charge on any atom is 0.326 e. The number of amides is 1. The Morgan fingerprint density at radius 2 is 1.02 bits per heavy atom. The van der Waals surface area contributed by atoms with Gasteiger partial charge in [-0.1, -0.05) is 144 Å². The van der Waals surface area contributed by atoms with Gasteiger partial charge in [-0.3, -0.25) is 9.59 Å². The summed E-state index contributed by atoms with van der Waals surface area (Å²) in [6.07, 6.45) is 53.7. The average Bonchev–Trinajstić information content (AvgIpc) is 3.16. The van der Waals surface area contributed by atoms with Gasteiger partial charge in [0.2, 0.25) is 5.91 Å². The van der Waals surface area contributed by atoms with Gasteiger partial charge in [-0.25, -0.2) is 4.79 Å². The molecule has 0 saturated heterocycles. The quantitative estimate of drug-likeness (QED) is 0.0330. The number of rotatable bonds is 37. The highest BCUT2D eigenvalue weighted by atomic mass is 16.5. The number of carboxylic acids is 1. The molecule has 4 N–H and O–H groups in total. The smallest absolute Gasteiger partial charge is 0.326 e. The van der Waals surface area contributed by atoms with E-state index in [0.29, 0.717) is 38.6 Å². The molecule has 0 aromatic heterocycles. The zero-order valence-corrected chi connectivity index (χ0v) is 34.3. The van der Waals surface area contributed by atoms with E-state index >= 15 is 0 Å². The second-order valence-electron chi connectivity index (χ2n) is 14.0. The lowest BCUT2D eigenvalue weighted by atomic mass is 10.1. The van der Waals surface area contributed by atoms with Crippen molar-refractivity contribution in [2.24, 2.45) is 5.73 Å². The van der Waals surface area contributed by atoms with E-state index in [9.17, 15) is 19.5 Å². The summed E-state index contributed by atoms with van der Waals surface area (Å²) in [7, 11) is 0. The summed E-state index contributed by atoms with van der Waals surface area (Å²) >= 11 is 0. The van der Waals surface area contributed by atoms with Crippen LogP contribution in [0.25, 0.3) is 0 Å². The molecule has 306 valence electrons. The molecule has 0 rings (SSSR count). The molecule has 0 bridgehead atoms. The number of carbonyl (C=O) groups is 3. The topological polar surface area (TPSA) is 119 Å². The van der Waals surface area contributed by atoms with E-state index in [1.54, 1.807) is 0 Å². The third kappa shape index (κ3) is 36.9. The standard InChI is InChI=1S/C47H78N2O5/c1-3-5-7-9-11-13-14-15-16-17-18-19-20-21-22-23-24-25-27-29-35-41-46(51)54-43(37-32-28-26-12-10-8-6-4-2)38-33-30-31-34-40-45(50)49-44(47(52)53)39-36-42-48/h5-8,11-13,15-16,18-19,26,32,37,43-44H,3-4,9-10,14,17,20-25,27-31,33-36,38-42,48H2,1-2H3,(H,49,50)(H,52,53)/b7-5-,8-6-,13-11-,16-15-,19-18-,26-12-,37-32-. The van der Waals surface area contributed by atoms with Crippen molar-refractivity contribution in [1.82, 2.24) is 5.32 Å². The summed E-state index contributed by atoms with van der Waals surface area (Å²) in [5, 5.41) is 11.9. The van der Waals surface area contributed by atoms with Crippen molar-refractivity contribution >= 4 is 17.8 Å². The van der Waals surface area contributed by atoms with Gasteiger partial charge in [-0.05, 0) is 109 Å². The van der Waals surface area contributed by atoms with Crippen molar-refractivity contribution in [3.05, 3.63) is 85.1 Å². The second kappa shape index (κ2) is 40.7. The summed E-state index contributed by atoms with van der Waals surface area (Å²) in [6, 6.07) is -0.881. The number of carbonyl (C=O) groups excluding carboxylic acids is 2. The lowest BCUT2D eigenvalue weighted by Gasteiger charge is -2.15. The summed E-state index contributed by atoms with van der Waals surface area (Å²) in [5.74, 6) is -1.38. The predicted octanol–water partition coefficient (Wildman–Crippen LogP) is 12.1. The molecule has 0 aromatic carbocycles. The van der Waals surface area contributed by atoms with Crippen LogP contribution in [-0.2, 0) is 19.1 Å². The van der Waals surface area contributed by atoms with E-state index in [1.807, 2.05) is 6.08 Å². The third-order valence-corrected chi connectivity index (χ3v) is 8.94. The number of nitrogens with two attached hydrogens (primary N) is 1. The number of nitrogens with one attached hydrogen (secondary N) is 1. The lowest BCUT2D eigenvalue weighted by molar-refractivity contribution is -0.147. The fourth-order valence-corrected chi connectivity index (χ4v) is 5.79. The molecule has 0 fully saturated rings. The zero-order chi connectivity index (χ0) is 39.6. The molecule has 0 spiro atoms. The minimum atomic E-state index is -1.02. The molecule has 2 atom stereocenters. The van der Waals surface area contributed by atoms with E-state index in [2.05, 4.69) is 98.2 Å². The lowest BCUT2D eigenvalue weighted by Crippen LogP contribution is -2.40. The van der Waals surface area contributed by atoms with Gasteiger partial charge in [0.15, 0.2) is 0 Å².